The van der Waals surface area contributed by atoms with Crippen molar-refractivity contribution in [2.45, 2.75) is 57.6 Å². The summed E-state index contributed by atoms with van der Waals surface area (Å²) in [4.78, 5) is 16.0. The summed E-state index contributed by atoms with van der Waals surface area (Å²) in [6.07, 6.45) is 3.21. The van der Waals surface area contributed by atoms with E-state index in [1.165, 1.54) is 0 Å². The molecule has 0 unspecified atom stereocenters. The number of anilines is 2. The molecule has 0 bridgehead atoms. The van der Waals surface area contributed by atoms with Crippen LogP contribution in [0.15, 0.2) is 0 Å². The maximum atomic E-state index is 10.8. The SMILES string of the molecule is CC(C)N(C)c1nc2c(N)nc(C3CCC(OCCS(=O)(=O)O)CC3)nc2n1C. The molecule has 1 saturated carbocycles. The van der Waals surface area contributed by atoms with E-state index in [0.717, 1.165) is 37.3 Å². The average Bonchev–Trinajstić information content (AvgIpc) is 2.98. The van der Waals surface area contributed by atoms with Gasteiger partial charge in [-0.1, -0.05) is 0 Å². The molecule has 2 heterocycles. The Hall–Kier alpha value is -1.98. The number of aryl methyl sites for hydroxylation is 1. The molecule has 0 aromatic carbocycles. The third-order valence-electron chi connectivity index (χ3n) is 5.56. The van der Waals surface area contributed by atoms with Crippen LogP contribution in [0.3, 0.4) is 0 Å². The topological polar surface area (TPSA) is 136 Å². The van der Waals surface area contributed by atoms with E-state index in [1.807, 2.05) is 18.7 Å². The number of fused-ring (bicyclic) bond motifs is 1. The molecular weight excluding hydrogens is 396 g/mol. The van der Waals surface area contributed by atoms with Crippen molar-refractivity contribution in [3.05, 3.63) is 5.82 Å². The molecule has 10 nitrogen and oxygen atoms in total. The lowest BCUT2D eigenvalue weighted by molar-refractivity contribution is 0.0329. The molecule has 3 rings (SSSR count). The summed E-state index contributed by atoms with van der Waals surface area (Å²) < 4.78 is 37.9. The number of nitrogens with zero attached hydrogens (tertiary/aromatic N) is 5. The molecule has 0 amide bonds. The second-order valence-corrected chi connectivity index (χ2v) is 9.52. The number of rotatable bonds is 7. The van der Waals surface area contributed by atoms with Gasteiger partial charge in [0.2, 0.25) is 5.95 Å². The van der Waals surface area contributed by atoms with Crippen molar-refractivity contribution in [1.29, 1.82) is 0 Å². The van der Waals surface area contributed by atoms with Crippen LogP contribution < -0.4 is 10.6 Å². The van der Waals surface area contributed by atoms with Crippen LogP contribution in [0.4, 0.5) is 11.8 Å². The first-order valence-corrected chi connectivity index (χ1v) is 11.5. The van der Waals surface area contributed by atoms with Gasteiger partial charge in [-0.3, -0.25) is 9.12 Å². The van der Waals surface area contributed by atoms with Gasteiger partial charge in [0.05, 0.1) is 18.5 Å². The lowest BCUT2D eigenvalue weighted by Crippen LogP contribution is -2.28. The van der Waals surface area contributed by atoms with E-state index in [2.05, 4.69) is 28.7 Å². The first kappa shape index (κ1) is 21.7. The second kappa shape index (κ2) is 8.41. The molecule has 1 aliphatic carbocycles. The van der Waals surface area contributed by atoms with Crippen LogP contribution in [0.5, 0.6) is 0 Å². The predicted octanol–water partition coefficient (Wildman–Crippen LogP) is 1.72. The van der Waals surface area contributed by atoms with E-state index >= 15 is 0 Å². The molecule has 11 heteroatoms. The Balaban J connectivity index is 1.72. The quantitative estimate of drug-likeness (QED) is 0.634. The predicted molar refractivity (Wildman–Crippen MR) is 112 cm³/mol. The summed E-state index contributed by atoms with van der Waals surface area (Å²) >= 11 is 0. The molecule has 0 aliphatic heterocycles. The van der Waals surface area contributed by atoms with E-state index in [0.29, 0.717) is 17.2 Å². The molecule has 0 saturated heterocycles. The molecule has 2 aromatic rings. The van der Waals surface area contributed by atoms with Crippen molar-refractivity contribution in [3.63, 3.8) is 0 Å². The number of hydrogen-bond donors (Lipinski definition) is 2. The molecule has 1 aliphatic rings. The number of nitrogen functional groups attached to an aromatic ring is 1. The summed E-state index contributed by atoms with van der Waals surface area (Å²) in [5, 5.41) is 0. The standard InChI is InChI=1S/C18H30N6O4S/c1-11(2)23(3)18-20-14-15(19)21-16(22-17(14)24(18)4)12-5-7-13(8-6-12)28-9-10-29(25,26)27/h11-13H,5-10H2,1-4H3,(H2,19,21,22)(H,25,26,27). The number of imidazole rings is 1. The van der Waals surface area contributed by atoms with Gasteiger partial charge in [-0.15, -0.1) is 0 Å². The third kappa shape index (κ3) is 4.96. The Morgan fingerprint density at radius 2 is 1.90 bits per heavy atom. The molecule has 2 aromatic heterocycles. The van der Waals surface area contributed by atoms with Gasteiger partial charge in [0.25, 0.3) is 10.1 Å². The van der Waals surface area contributed by atoms with Crippen molar-refractivity contribution in [1.82, 2.24) is 19.5 Å². The largest absolute Gasteiger partial charge is 0.382 e. The van der Waals surface area contributed by atoms with E-state index in [9.17, 15) is 8.42 Å². The summed E-state index contributed by atoms with van der Waals surface area (Å²) in [7, 11) is -0.0725. The van der Waals surface area contributed by atoms with Gasteiger partial charge in [0.1, 0.15) is 5.82 Å². The van der Waals surface area contributed by atoms with Gasteiger partial charge < -0.3 is 15.4 Å². The Labute approximate surface area is 171 Å². The van der Waals surface area contributed by atoms with Crippen LogP contribution in [0.25, 0.3) is 11.2 Å². The minimum atomic E-state index is -3.99. The van der Waals surface area contributed by atoms with Crippen LogP contribution in [0.2, 0.25) is 0 Å². The lowest BCUT2D eigenvalue weighted by Gasteiger charge is -2.27. The number of ether oxygens (including phenoxy) is 1. The average molecular weight is 427 g/mol. The van der Waals surface area contributed by atoms with Crippen molar-refractivity contribution in [2.75, 3.05) is 30.0 Å². The maximum Gasteiger partial charge on any atom is 0.267 e. The smallest absolute Gasteiger partial charge is 0.267 e. The van der Waals surface area contributed by atoms with Gasteiger partial charge in [-0.2, -0.15) is 8.42 Å². The van der Waals surface area contributed by atoms with Crippen molar-refractivity contribution in [3.8, 4) is 0 Å². The molecule has 3 N–H and O–H groups in total. The summed E-state index contributed by atoms with van der Waals surface area (Å²) in [5.74, 6) is 1.69. The van der Waals surface area contributed by atoms with Gasteiger partial charge in [0.15, 0.2) is 17.0 Å². The van der Waals surface area contributed by atoms with Crippen LogP contribution in [0, 0.1) is 0 Å². The maximum absolute atomic E-state index is 10.8. The van der Waals surface area contributed by atoms with Gasteiger partial charge in [-0.05, 0) is 39.5 Å². The zero-order chi connectivity index (χ0) is 21.3. The monoisotopic (exact) mass is 426 g/mol. The lowest BCUT2D eigenvalue weighted by atomic mass is 9.87. The fourth-order valence-corrected chi connectivity index (χ4v) is 3.93. The van der Waals surface area contributed by atoms with E-state index in [4.69, 9.17) is 20.0 Å². The minimum absolute atomic E-state index is 0.00470. The van der Waals surface area contributed by atoms with Crippen molar-refractivity contribution in [2.24, 2.45) is 7.05 Å². The fraction of sp³-hybridized carbons (Fsp3) is 0.722. The van der Waals surface area contributed by atoms with E-state index in [1.54, 1.807) is 0 Å². The molecule has 1 fully saturated rings. The molecule has 0 spiro atoms. The number of aromatic nitrogens is 4. The van der Waals surface area contributed by atoms with Gasteiger partial charge >= 0.3 is 0 Å². The molecule has 0 radical (unpaired) electrons. The summed E-state index contributed by atoms with van der Waals surface area (Å²) in [6.45, 7) is 4.19. The van der Waals surface area contributed by atoms with Crippen LogP contribution in [-0.2, 0) is 21.9 Å². The highest BCUT2D eigenvalue weighted by Gasteiger charge is 2.27. The molecular formula is C18H30N6O4S. The highest BCUT2D eigenvalue weighted by Crippen LogP contribution is 2.34. The Morgan fingerprint density at radius 1 is 1.24 bits per heavy atom. The number of nitrogens with two attached hydrogens (primary N) is 1. The molecule has 0 atom stereocenters. The first-order chi connectivity index (χ1) is 13.6. The van der Waals surface area contributed by atoms with Gasteiger partial charge in [0, 0.05) is 26.1 Å². The highest BCUT2D eigenvalue weighted by atomic mass is 32.2. The Bertz CT molecular complexity index is 966. The van der Waals surface area contributed by atoms with E-state index < -0.39 is 10.1 Å². The van der Waals surface area contributed by atoms with Crippen LogP contribution in [-0.4, -0.2) is 64.0 Å². The third-order valence-corrected chi connectivity index (χ3v) is 6.25. The van der Waals surface area contributed by atoms with E-state index in [-0.39, 0.29) is 30.4 Å². The summed E-state index contributed by atoms with van der Waals surface area (Å²) in [6, 6.07) is 0.287. The second-order valence-electron chi connectivity index (χ2n) is 7.95. The normalized spacial score (nSPS) is 20.5. The highest BCUT2D eigenvalue weighted by molar-refractivity contribution is 7.85. The molecule has 29 heavy (non-hydrogen) atoms. The Morgan fingerprint density at radius 3 is 2.48 bits per heavy atom. The zero-order valence-electron chi connectivity index (χ0n) is 17.4. The van der Waals surface area contributed by atoms with Crippen LogP contribution >= 0.6 is 0 Å². The fourth-order valence-electron chi connectivity index (χ4n) is 3.62. The minimum Gasteiger partial charge on any atom is -0.382 e. The van der Waals surface area contributed by atoms with Crippen molar-refractivity contribution >= 4 is 33.0 Å². The molecule has 162 valence electrons. The van der Waals surface area contributed by atoms with Gasteiger partial charge in [-0.25, -0.2) is 15.0 Å². The van der Waals surface area contributed by atoms with Crippen LogP contribution in [0.1, 0.15) is 51.3 Å². The first-order valence-electron chi connectivity index (χ1n) is 9.86. The zero-order valence-corrected chi connectivity index (χ0v) is 18.2. The van der Waals surface area contributed by atoms with Crippen molar-refractivity contribution < 1.29 is 17.7 Å². The summed E-state index contributed by atoms with van der Waals surface area (Å²) in [5.41, 5.74) is 7.54. The number of hydrogen-bond acceptors (Lipinski definition) is 8. The Kier molecular flexibility index (Phi) is 6.30.